The molecule has 2 unspecified atom stereocenters. The molecule has 11 heavy (non-hydrogen) atoms. The molecule has 0 saturated carbocycles. The summed E-state index contributed by atoms with van der Waals surface area (Å²) in [4.78, 5) is 1.77. The monoisotopic (exact) mass is 159 g/mol. The molecular formula is C8H17NO2. The van der Waals surface area contributed by atoms with Gasteiger partial charge in [-0.1, -0.05) is 13.3 Å². The third kappa shape index (κ3) is 2.15. The van der Waals surface area contributed by atoms with Crippen molar-refractivity contribution >= 4 is 0 Å². The molecule has 2 atom stereocenters. The summed E-state index contributed by atoms with van der Waals surface area (Å²) in [6.07, 6.45) is 2.77. The molecule has 0 spiro atoms. The van der Waals surface area contributed by atoms with Crippen LogP contribution in [0.5, 0.6) is 0 Å². The van der Waals surface area contributed by atoms with Crippen molar-refractivity contribution in [3.63, 3.8) is 0 Å². The van der Waals surface area contributed by atoms with Gasteiger partial charge in [-0.2, -0.15) is 0 Å². The molecule has 3 heteroatoms. The Morgan fingerprint density at radius 1 is 1.27 bits per heavy atom. The first kappa shape index (κ1) is 8.97. The third-order valence-electron chi connectivity index (χ3n) is 2.22. The highest BCUT2D eigenvalue weighted by atomic mass is 16.3. The topological polar surface area (TPSA) is 43.7 Å². The number of aliphatic hydroxyl groups excluding tert-OH is 2. The van der Waals surface area contributed by atoms with Crippen molar-refractivity contribution in [2.75, 3.05) is 6.54 Å². The highest BCUT2D eigenvalue weighted by molar-refractivity contribution is 4.73. The summed E-state index contributed by atoms with van der Waals surface area (Å²) in [5.41, 5.74) is 0. The largest absolute Gasteiger partial charge is 0.378 e. The SMILES string of the molecule is CCCCN1C(O)CCC1O. The van der Waals surface area contributed by atoms with Gasteiger partial charge in [0, 0.05) is 6.54 Å². The maximum absolute atomic E-state index is 9.35. The lowest BCUT2D eigenvalue weighted by Gasteiger charge is -2.22. The molecule has 1 aliphatic heterocycles. The number of likely N-dealkylation sites (tertiary alicyclic amines) is 1. The molecule has 0 aromatic carbocycles. The summed E-state index contributed by atoms with van der Waals surface area (Å²) < 4.78 is 0. The highest BCUT2D eigenvalue weighted by Gasteiger charge is 2.29. The van der Waals surface area contributed by atoms with E-state index in [0.717, 1.165) is 19.4 Å². The number of rotatable bonds is 3. The Morgan fingerprint density at radius 2 is 1.82 bits per heavy atom. The van der Waals surface area contributed by atoms with Gasteiger partial charge in [0.05, 0.1) is 0 Å². The molecule has 1 aliphatic rings. The van der Waals surface area contributed by atoms with Crippen LogP contribution in [0.4, 0.5) is 0 Å². The lowest BCUT2D eigenvalue weighted by atomic mass is 10.3. The fourth-order valence-corrected chi connectivity index (χ4v) is 1.47. The van der Waals surface area contributed by atoms with Crippen LogP contribution < -0.4 is 0 Å². The lowest BCUT2D eigenvalue weighted by molar-refractivity contribution is -0.0532. The van der Waals surface area contributed by atoms with Gasteiger partial charge in [-0.05, 0) is 19.3 Å². The van der Waals surface area contributed by atoms with Crippen LogP contribution in [0.2, 0.25) is 0 Å². The van der Waals surface area contributed by atoms with Crippen LogP contribution in [0, 0.1) is 0 Å². The summed E-state index contributed by atoms with van der Waals surface area (Å²) >= 11 is 0. The van der Waals surface area contributed by atoms with Crippen LogP contribution >= 0.6 is 0 Å². The van der Waals surface area contributed by atoms with E-state index in [0.29, 0.717) is 12.8 Å². The number of hydrogen-bond donors (Lipinski definition) is 2. The van der Waals surface area contributed by atoms with Crippen molar-refractivity contribution in [1.82, 2.24) is 4.90 Å². The van der Waals surface area contributed by atoms with Gasteiger partial charge in [-0.15, -0.1) is 0 Å². The van der Waals surface area contributed by atoms with Gasteiger partial charge >= 0.3 is 0 Å². The van der Waals surface area contributed by atoms with Gasteiger partial charge in [0.25, 0.3) is 0 Å². The van der Waals surface area contributed by atoms with E-state index >= 15 is 0 Å². The summed E-state index contributed by atoms with van der Waals surface area (Å²) in [6.45, 7) is 2.92. The van der Waals surface area contributed by atoms with Crippen LogP contribution in [0.3, 0.4) is 0 Å². The molecule has 0 bridgehead atoms. The first-order valence-corrected chi connectivity index (χ1v) is 4.37. The molecule has 0 aromatic heterocycles. The van der Waals surface area contributed by atoms with Crippen molar-refractivity contribution in [3.05, 3.63) is 0 Å². The third-order valence-corrected chi connectivity index (χ3v) is 2.22. The maximum atomic E-state index is 9.35. The van der Waals surface area contributed by atoms with Gasteiger partial charge in [-0.25, -0.2) is 0 Å². The van der Waals surface area contributed by atoms with Crippen LogP contribution in [0.25, 0.3) is 0 Å². The average Bonchev–Trinajstić information content (AvgIpc) is 2.29. The predicted molar refractivity (Wildman–Crippen MR) is 42.9 cm³/mol. The average molecular weight is 159 g/mol. The molecule has 1 saturated heterocycles. The van der Waals surface area contributed by atoms with Crippen molar-refractivity contribution in [2.24, 2.45) is 0 Å². The second kappa shape index (κ2) is 4.04. The van der Waals surface area contributed by atoms with E-state index in [1.807, 2.05) is 0 Å². The van der Waals surface area contributed by atoms with Crippen molar-refractivity contribution in [2.45, 2.75) is 45.1 Å². The summed E-state index contributed by atoms with van der Waals surface area (Å²) in [5, 5.41) is 18.7. The van der Waals surface area contributed by atoms with E-state index in [4.69, 9.17) is 0 Å². The van der Waals surface area contributed by atoms with Crippen LogP contribution in [-0.2, 0) is 0 Å². The number of nitrogens with zero attached hydrogens (tertiary/aromatic N) is 1. The molecule has 0 aromatic rings. The van der Waals surface area contributed by atoms with Gasteiger partial charge in [0.15, 0.2) is 0 Å². The van der Waals surface area contributed by atoms with Crippen molar-refractivity contribution < 1.29 is 10.2 Å². The Bertz CT molecular complexity index is 109. The zero-order valence-electron chi connectivity index (χ0n) is 7.03. The van der Waals surface area contributed by atoms with Crippen molar-refractivity contribution in [3.8, 4) is 0 Å². The summed E-state index contributed by atoms with van der Waals surface area (Å²) in [5.74, 6) is 0. The Labute approximate surface area is 67.6 Å². The number of hydrogen-bond acceptors (Lipinski definition) is 3. The fraction of sp³-hybridized carbons (Fsp3) is 1.00. The van der Waals surface area contributed by atoms with Gasteiger partial charge in [0.2, 0.25) is 0 Å². The van der Waals surface area contributed by atoms with E-state index in [1.165, 1.54) is 0 Å². The normalized spacial score (nSPS) is 33.0. The first-order valence-electron chi connectivity index (χ1n) is 4.37. The van der Waals surface area contributed by atoms with E-state index in [1.54, 1.807) is 4.90 Å². The van der Waals surface area contributed by atoms with Gasteiger partial charge < -0.3 is 10.2 Å². The minimum Gasteiger partial charge on any atom is -0.378 e. The lowest BCUT2D eigenvalue weighted by Crippen LogP contribution is -2.36. The predicted octanol–water partition coefficient (Wildman–Crippen LogP) is 0.519. The molecule has 3 nitrogen and oxygen atoms in total. The standard InChI is InChI=1S/C8H17NO2/c1-2-3-6-9-7(10)4-5-8(9)11/h7-8,10-11H,2-6H2,1H3. The first-order chi connectivity index (χ1) is 5.25. The Morgan fingerprint density at radius 3 is 2.27 bits per heavy atom. The molecule has 1 fully saturated rings. The summed E-state index contributed by atoms with van der Waals surface area (Å²) in [7, 11) is 0. The molecule has 0 radical (unpaired) electrons. The fourth-order valence-electron chi connectivity index (χ4n) is 1.47. The molecule has 1 rings (SSSR count). The number of unbranched alkanes of at least 4 members (excludes halogenated alkanes) is 1. The molecular weight excluding hydrogens is 142 g/mol. The van der Waals surface area contributed by atoms with Crippen LogP contribution in [-0.4, -0.2) is 34.1 Å². The van der Waals surface area contributed by atoms with Gasteiger partial charge in [0.1, 0.15) is 12.5 Å². The minimum absolute atomic E-state index is 0.406. The molecule has 2 N–H and O–H groups in total. The summed E-state index contributed by atoms with van der Waals surface area (Å²) in [6, 6.07) is 0. The molecule has 1 heterocycles. The van der Waals surface area contributed by atoms with E-state index in [2.05, 4.69) is 6.92 Å². The second-order valence-corrected chi connectivity index (χ2v) is 3.13. The zero-order chi connectivity index (χ0) is 8.27. The number of aliphatic hydroxyl groups is 2. The Kier molecular flexibility index (Phi) is 3.30. The quantitative estimate of drug-likeness (QED) is 0.631. The maximum Gasteiger partial charge on any atom is 0.109 e. The highest BCUT2D eigenvalue weighted by Crippen LogP contribution is 2.20. The van der Waals surface area contributed by atoms with E-state index < -0.39 is 12.5 Å². The Balaban J connectivity index is 2.29. The molecule has 0 amide bonds. The zero-order valence-corrected chi connectivity index (χ0v) is 7.03. The molecule has 0 aliphatic carbocycles. The Hall–Kier alpha value is -0.120. The molecule has 66 valence electrons. The van der Waals surface area contributed by atoms with Crippen molar-refractivity contribution in [1.29, 1.82) is 0 Å². The second-order valence-electron chi connectivity index (χ2n) is 3.13. The van der Waals surface area contributed by atoms with Crippen LogP contribution in [0.1, 0.15) is 32.6 Å². The van der Waals surface area contributed by atoms with E-state index in [9.17, 15) is 10.2 Å². The smallest absolute Gasteiger partial charge is 0.109 e. The minimum atomic E-state index is -0.406. The van der Waals surface area contributed by atoms with Crippen LogP contribution in [0.15, 0.2) is 0 Å². The van der Waals surface area contributed by atoms with E-state index in [-0.39, 0.29) is 0 Å². The van der Waals surface area contributed by atoms with Gasteiger partial charge in [-0.3, -0.25) is 4.90 Å².